The first-order chi connectivity index (χ1) is 7.54. The zero-order chi connectivity index (χ0) is 12.1. The van der Waals surface area contributed by atoms with E-state index in [-0.39, 0.29) is 18.0 Å². The zero-order valence-corrected chi connectivity index (χ0v) is 11.3. The van der Waals surface area contributed by atoms with E-state index in [0.717, 1.165) is 4.47 Å². The maximum absolute atomic E-state index is 13.6. The summed E-state index contributed by atoms with van der Waals surface area (Å²) in [5, 5.41) is 3.23. The second-order valence-corrected chi connectivity index (χ2v) is 4.76. The molecular formula is C12H17BrFNO. The van der Waals surface area contributed by atoms with Gasteiger partial charge in [0.25, 0.3) is 0 Å². The quantitative estimate of drug-likeness (QED) is 0.898. The van der Waals surface area contributed by atoms with Crippen LogP contribution < -0.4 is 5.32 Å². The predicted octanol–water partition coefficient (Wildman–Crippen LogP) is 3.27. The molecule has 2 unspecified atom stereocenters. The van der Waals surface area contributed by atoms with Crippen LogP contribution in [0.3, 0.4) is 0 Å². The first kappa shape index (κ1) is 13.6. The average molecular weight is 290 g/mol. The molecule has 0 aliphatic carbocycles. The molecule has 16 heavy (non-hydrogen) atoms. The summed E-state index contributed by atoms with van der Waals surface area (Å²) in [6, 6.07) is 5.09. The largest absolute Gasteiger partial charge is 0.380 e. The average Bonchev–Trinajstić information content (AvgIpc) is 2.25. The van der Waals surface area contributed by atoms with Crippen LogP contribution >= 0.6 is 15.9 Å². The lowest BCUT2D eigenvalue weighted by Crippen LogP contribution is -2.28. The second-order valence-electron chi connectivity index (χ2n) is 3.84. The van der Waals surface area contributed by atoms with Gasteiger partial charge in [-0.15, -0.1) is 0 Å². The topological polar surface area (TPSA) is 21.3 Å². The van der Waals surface area contributed by atoms with Gasteiger partial charge in [0, 0.05) is 29.7 Å². The van der Waals surface area contributed by atoms with Crippen molar-refractivity contribution >= 4 is 15.9 Å². The monoisotopic (exact) mass is 289 g/mol. The molecule has 0 amide bonds. The fourth-order valence-electron chi connectivity index (χ4n) is 1.39. The molecule has 2 nitrogen and oxygen atoms in total. The van der Waals surface area contributed by atoms with Crippen molar-refractivity contribution < 1.29 is 9.13 Å². The Morgan fingerprint density at radius 1 is 1.44 bits per heavy atom. The van der Waals surface area contributed by atoms with Crippen molar-refractivity contribution in [1.29, 1.82) is 0 Å². The Morgan fingerprint density at radius 2 is 2.12 bits per heavy atom. The molecule has 0 fully saturated rings. The smallest absolute Gasteiger partial charge is 0.129 e. The molecule has 0 aliphatic rings. The Labute approximate surface area is 104 Å². The van der Waals surface area contributed by atoms with Crippen LogP contribution in [0.4, 0.5) is 4.39 Å². The molecule has 1 aromatic rings. The van der Waals surface area contributed by atoms with Crippen molar-refractivity contribution in [2.24, 2.45) is 0 Å². The fourth-order valence-corrected chi connectivity index (χ4v) is 1.72. The third-order valence-corrected chi connectivity index (χ3v) is 3.04. The Bertz CT molecular complexity index is 346. The molecule has 1 N–H and O–H groups in total. The lowest BCUT2D eigenvalue weighted by Gasteiger charge is -2.17. The SMILES string of the molecule is COC(C)CNC(C)c1ccc(Br)cc1F. The standard InChI is InChI=1S/C12H17BrFNO/c1-8(16-3)7-15-9(2)11-5-4-10(13)6-12(11)14/h4-6,8-9,15H,7H2,1-3H3. The minimum absolute atomic E-state index is 0.0225. The molecule has 2 atom stereocenters. The van der Waals surface area contributed by atoms with Crippen LogP contribution in [0.25, 0.3) is 0 Å². The van der Waals surface area contributed by atoms with E-state index in [1.54, 1.807) is 13.2 Å². The van der Waals surface area contributed by atoms with Gasteiger partial charge >= 0.3 is 0 Å². The summed E-state index contributed by atoms with van der Waals surface area (Å²) in [7, 11) is 1.66. The van der Waals surface area contributed by atoms with Gasteiger partial charge in [0.05, 0.1) is 6.10 Å². The van der Waals surface area contributed by atoms with Crippen LogP contribution in [-0.4, -0.2) is 19.8 Å². The summed E-state index contributed by atoms with van der Waals surface area (Å²) >= 11 is 3.24. The van der Waals surface area contributed by atoms with Crippen LogP contribution in [0.15, 0.2) is 22.7 Å². The van der Waals surface area contributed by atoms with Gasteiger partial charge in [0.2, 0.25) is 0 Å². The van der Waals surface area contributed by atoms with Crippen molar-refractivity contribution in [3.05, 3.63) is 34.1 Å². The van der Waals surface area contributed by atoms with Crippen molar-refractivity contribution in [3.8, 4) is 0 Å². The highest BCUT2D eigenvalue weighted by Crippen LogP contribution is 2.20. The summed E-state index contributed by atoms with van der Waals surface area (Å²) in [4.78, 5) is 0. The molecule has 0 bridgehead atoms. The lowest BCUT2D eigenvalue weighted by molar-refractivity contribution is 0.114. The van der Waals surface area contributed by atoms with Crippen LogP contribution in [-0.2, 0) is 4.74 Å². The van der Waals surface area contributed by atoms with E-state index >= 15 is 0 Å². The number of ether oxygens (including phenoxy) is 1. The predicted molar refractivity (Wildman–Crippen MR) is 67.0 cm³/mol. The van der Waals surface area contributed by atoms with E-state index in [2.05, 4.69) is 21.2 Å². The highest BCUT2D eigenvalue weighted by molar-refractivity contribution is 9.10. The van der Waals surface area contributed by atoms with E-state index < -0.39 is 0 Å². The number of hydrogen-bond donors (Lipinski definition) is 1. The van der Waals surface area contributed by atoms with E-state index in [1.807, 2.05) is 19.9 Å². The number of halogens is 2. The van der Waals surface area contributed by atoms with Crippen molar-refractivity contribution in [2.75, 3.05) is 13.7 Å². The maximum atomic E-state index is 13.6. The number of hydrogen-bond acceptors (Lipinski definition) is 2. The Morgan fingerprint density at radius 3 is 2.69 bits per heavy atom. The molecule has 0 aliphatic heterocycles. The summed E-state index contributed by atoms with van der Waals surface area (Å²) in [6.07, 6.45) is 0.126. The van der Waals surface area contributed by atoms with Gasteiger partial charge in [0.15, 0.2) is 0 Å². The van der Waals surface area contributed by atoms with Gasteiger partial charge in [-0.3, -0.25) is 0 Å². The summed E-state index contributed by atoms with van der Waals surface area (Å²) in [5.41, 5.74) is 0.673. The molecular weight excluding hydrogens is 273 g/mol. The lowest BCUT2D eigenvalue weighted by atomic mass is 10.1. The Hall–Kier alpha value is -0.450. The van der Waals surface area contributed by atoms with Crippen molar-refractivity contribution in [1.82, 2.24) is 5.32 Å². The van der Waals surface area contributed by atoms with E-state index in [1.165, 1.54) is 6.07 Å². The van der Waals surface area contributed by atoms with E-state index in [0.29, 0.717) is 12.1 Å². The van der Waals surface area contributed by atoms with E-state index in [9.17, 15) is 4.39 Å². The molecule has 1 rings (SSSR count). The number of benzene rings is 1. The molecule has 0 heterocycles. The van der Waals surface area contributed by atoms with Gasteiger partial charge in [-0.2, -0.15) is 0 Å². The second kappa shape index (κ2) is 6.33. The van der Waals surface area contributed by atoms with Gasteiger partial charge in [-0.25, -0.2) is 4.39 Å². The Kier molecular flexibility index (Phi) is 5.38. The summed E-state index contributed by atoms with van der Waals surface area (Å²) < 4.78 is 19.5. The van der Waals surface area contributed by atoms with Crippen molar-refractivity contribution in [2.45, 2.75) is 26.0 Å². The van der Waals surface area contributed by atoms with E-state index in [4.69, 9.17) is 4.74 Å². The number of methoxy groups -OCH3 is 1. The third-order valence-electron chi connectivity index (χ3n) is 2.54. The molecule has 0 saturated heterocycles. The van der Waals surface area contributed by atoms with Crippen LogP contribution in [0.1, 0.15) is 25.5 Å². The van der Waals surface area contributed by atoms with Gasteiger partial charge in [-0.05, 0) is 26.0 Å². The highest BCUT2D eigenvalue weighted by atomic mass is 79.9. The van der Waals surface area contributed by atoms with Gasteiger partial charge < -0.3 is 10.1 Å². The molecule has 0 saturated carbocycles. The fraction of sp³-hybridized carbons (Fsp3) is 0.500. The molecule has 0 aromatic heterocycles. The van der Waals surface area contributed by atoms with Crippen LogP contribution in [0.2, 0.25) is 0 Å². The van der Waals surface area contributed by atoms with Crippen LogP contribution in [0, 0.1) is 5.82 Å². The van der Waals surface area contributed by atoms with Gasteiger partial charge in [0.1, 0.15) is 5.82 Å². The maximum Gasteiger partial charge on any atom is 0.129 e. The van der Waals surface area contributed by atoms with Gasteiger partial charge in [-0.1, -0.05) is 22.0 Å². The molecule has 4 heteroatoms. The Balaban J connectivity index is 2.62. The molecule has 0 spiro atoms. The summed E-state index contributed by atoms with van der Waals surface area (Å²) in [6.45, 7) is 4.61. The normalized spacial score (nSPS) is 14.8. The summed E-state index contributed by atoms with van der Waals surface area (Å²) in [5.74, 6) is -0.195. The molecule has 90 valence electrons. The first-order valence-corrected chi connectivity index (χ1v) is 6.05. The molecule has 1 aromatic carbocycles. The highest BCUT2D eigenvalue weighted by Gasteiger charge is 2.11. The first-order valence-electron chi connectivity index (χ1n) is 5.25. The zero-order valence-electron chi connectivity index (χ0n) is 9.76. The molecule has 0 radical (unpaired) electrons. The minimum atomic E-state index is -0.195. The number of nitrogens with one attached hydrogen (secondary N) is 1. The van der Waals surface area contributed by atoms with Crippen molar-refractivity contribution in [3.63, 3.8) is 0 Å². The van der Waals surface area contributed by atoms with Crippen LogP contribution in [0.5, 0.6) is 0 Å². The minimum Gasteiger partial charge on any atom is -0.380 e. The third kappa shape index (κ3) is 3.85. The number of rotatable bonds is 5.